The maximum atomic E-state index is 12.8. The summed E-state index contributed by atoms with van der Waals surface area (Å²) in [4.78, 5) is 28.8. The number of H-pyrrole nitrogens is 1. The van der Waals surface area contributed by atoms with Crippen molar-refractivity contribution in [3.05, 3.63) is 30.0 Å². The minimum atomic E-state index is -0.413. The van der Waals surface area contributed by atoms with Crippen LogP contribution in [0, 0.1) is 23.2 Å². The zero-order valence-electron chi connectivity index (χ0n) is 16.5. The van der Waals surface area contributed by atoms with Crippen molar-refractivity contribution in [3.8, 4) is 11.8 Å². The highest BCUT2D eigenvalue weighted by atomic mass is 16.5. The third-order valence-corrected chi connectivity index (χ3v) is 6.02. The summed E-state index contributed by atoms with van der Waals surface area (Å²) in [5.74, 6) is 0.368. The van der Waals surface area contributed by atoms with Crippen molar-refractivity contribution < 1.29 is 14.3 Å². The number of nitrogens with zero attached hydrogens (tertiary/aromatic N) is 1. The number of ether oxygens (including phenoxy) is 1. The fourth-order valence-corrected chi connectivity index (χ4v) is 4.16. The van der Waals surface area contributed by atoms with Crippen LogP contribution in [0.2, 0.25) is 0 Å². The van der Waals surface area contributed by atoms with Crippen LogP contribution in [-0.2, 0) is 4.79 Å². The number of hydrogen-bond acceptors (Lipinski definition) is 4. The van der Waals surface area contributed by atoms with E-state index in [4.69, 9.17) is 4.74 Å². The molecule has 7 heteroatoms. The number of carbonyl (C=O) groups is 2. The highest BCUT2D eigenvalue weighted by Gasteiger charge is 2.37. The van der Waals surface area contributed by atoms with Crippen molar-refractivity contribution >= 4 is 22.7 Å². The molecule has 2 aromatic rings. The third kappa shape index (κ3) is 4.21. The van der Waals surface area contributed by atoms with Crippen LogP contribution in [0.3, 0.4) is 0 Å². The minimum Gasteiger partial charge on any atom is -0.497 e. The number of fused-ring (bicyclic) bond motifs is 1. The van der Waals surface area contributed by atoms with E-state index in [0.717, 1.165) is 55.2 Å². The molecule has 0 radical (unpaired) electrons. The van der Waals surface area contributed by atoms with Gasteiger partial charge < -0.3 is 20.4 Å². The van der Waals surface area contributed by atoms with Crippen molar-refractivity contribution in [1.29, 1.82) is 5.26 Å². The predicted molar refractivity (Wildman–Crippen MR) is 108 cm³/mol. The number of carbonyl (C=O) groups excluding carboxylic acids is 2. The van der Waals surface area contributed by atoms with Gasteiger partial charge in [-0.1, -0.05) is 12.8 Å². The Kier molecular flexibility index (Phi) is 5.43. The summed E-state index contributed by atoms with van der Waals surface area (Å²) in [6.45, 7) is 0. The van der Waals surface area contributed by atoms with Gasteiger partial charge in [0, 0.05) is 23.0 Å². The maximum absolute atomic E-state index is 12.8. The molecule has 2 fully saturated rings. The SMILES string of the molecule is COc1ccc2cc(C(=O)NC3CCCCC3C(=O)NC(C#N)C3CC3)[nH]c2c1. The Balaban J connectivity index is 1.45. The fourth-order valence-electron chi connectivity index (χ4n) is 4.16. The van der Waals surface area contributed by atoms with E-state index in [1.807, 2.05) is 18.2 Å². The largest absolute Gasteiger partial charge is 0.497 e. The highest BCUT2D eigenvalue weighted by Crippen LogP contribution is 2.33. The minimum absolute atomic E-state index is 0.116. The van der Waals surface area contributed by atoms with Gasteiger partial charge in [-0.15, -0.1) is 0 Å². The van der Waals surface area contributed by atoms with Crippen LogP contribution < -0.4 is 15.4 Å². The summed E-state index contributed by atoms with van der Waals surface area (Å²) in [7, 11) is 1.60. The van der Waals surface area contributed by atoms with Crippen LogP contribution in [0.5, 0.6) is 5.75 Å². The van der Waals surface area contributed by atoms with Crippen LogP contribution in [0.15, 0.2) is 24.3 Å². The number of nitriles is 1. The van der Waals surface area contributed by atoms with Gasteiger partial charge in [0.15, 0.2) is 0 Å². The van der Waals surface area contributed by atoms with Gasteiger partial charge in [0.25, 0.3) is 5.91 Å². The Labute approximate surface area is 169 Å². The monoisotopic (exact) mass is 394 g/mol. The van der Waals surface area contributed by atoms with Crippen molar-refractivity contribution in [2.24, 2.45) is 11.8 Å². The topological polar surface area (TPSA) is 107 Å². The van der Waals surface area contributed by atoms with Gasteiger partial charge in [-0.3, -0.25) is 9.59 Å². The average Bonchev–Trinajstić information content (AvgIpc) is 3.49. The van der Waals surface area contributed by atoms with Crippen LogP contribution in [0.4, 0.5) is 0 Å². The van der Waals surface area contributed by atoms with E-state index in [2.05, 4.69) is 21.7 Å². The number of rotatable bonds is 6. The number of aromatic nitrogens is 1. The summed E-state index contributed by atoms with van der Waals surface area (Å²) in [5, 5.41) is 16.2. The van der Waals surface area contributed by atoms with E-state index in [1.165, 1.54) is 0 Å². The summed E-state index contributed by atoms with van der Waals surface area (Å²) in [5.41, 5.74) is 1.29. The smallest absolute Gasteiger partial charge is 0.267 e. The standard InChI is InChI=1S/C22H26N4O3/c1-29-15-9-8-14-10-19(24-18(14)11-15)22(28)25-17-5-3-2-4-16(17)21(27)26-20(12-23)13-6-7-13/h8-11,13,16-17,20,24H,2-7H2,1H3,(H,25,28)(H,26,27). The second-order valence-corrected chi connectivity index (χ2v) is 8.06. The molecule has 2 amide bonds. The first-order chi connectivity index (χ1) is 14.1. The molecule has 3 atom stereocenters. The summed E-state index contributed by atoms with van der Waals surface area (Å²) in [6, 6.07) is 8.98. The third-order valence-electron chi connectivity index (χ3n) is 6.02. The molecule has 3 N–H and O–H groups in total. The highest BCUT2D eigenvalue weighted by molar-refractivity contribution is 5.98. The Morgan fingerprint density at radius 2 is 2.00 bits per heavy atom. The molecule has 7 nitrogen and oxygen atoms in total. The second kappa shape index (κ2) is 8.16. The molecule has 3 unspecified atom stereocenters. The zero-order chi connectivity index (χ0) is 20.4. The fraction of sp³-hybridized carbons (Fsp3) is 0.500. The first-order valence-corrected chi connectivity index (χ1v) is 10.3. The zero-order valence-corrected chi connectivity index (χ0v) is 16.5. The number of aromatic amines is 1. The Morgan fingerprint density at radius 3 is 2.72 bits per heavy atom. The lowest BCUT2D eigenvalue weighted by atomic mass is 9.83. The number of hydrogen-bond donors (Lipinski definition) is 3. The van der Waals surface area contributed by atoms with E-state index in [1.54, 1.807) is 13.2 Å². The lowest BCUT2D eigenvalue weighted by molar-refractivity contribution is -0.127. The molecule has 1 aromatic heterocycles. The van der Waals surface area contributed by atoms with E-state index in [9.17, 15) is 14.9 Å². The van der Waals surface area contributed by atoms with Crippen LogP contribution in [0.1, 0.15) is 49.0 Å². The number of amides is 2. The van der Waals surface area contributed by atoms with E-state index < -0.39 is 6.04 Å². The normalized spacial score (nSPS) is 22.5. The van der Waals surface area contributed by atoms with Crippen LogP contribution in [0.25, 0.3) is 10.9 Å². The lowest BCUT2D eigenvalue weighted by Crippen LogP contribution is -2.50. The number of methoxy groups -OCH3 is 1. The van der Waals surface area contributed by atoms with E-state index >= 15 is 0 Å². The summed E-state index contributed by atoms with van der Waals surface area (Å²) in [6.07, 6.45) is 5.41. The van der Waals surface area contributed by atoms with Gasteiger partial charge in [0.1, 0.15) is 17.5 Å². The molecule has 0 bridgehead atoms. The predicted octanol–water partition coefficient (Wildman–Crippen LogP) is 2.88. The van der Waals surface area contributed by atoms with Gasteiger partial charge in [0.05, 0.1) is 19.1 Å². The molecular formula is C22H26N4O3. The van der Waals surface area contributed by atoms with Gasteiger partial charge in [0.2, 0.25) is 5.91 Å². The van der Waals surface area contributed by atoms with Gasteiger partial charge in [-0.05, 0) is 49.8 Å². The Morgan fingerprint density at radius 1 is 1.21 bits per heavy atom. The molecule has 2 aliphatic rings. The van der Waals surface area contributed by atoms with E-state index in [0.29, 0.717) is 5.69 Å². The average molecular weight is 394 g/mol. The molecule has 2 saturated carbocycles. The molecular weight excluding hydrogens is 368 g/mol. The summed E-state index contributed by atoms with van der Waals surface area (Å²) >= 11 is 0. The van der Waals surface area contributed by atoms with Crippen molar-refractivity contribution in [2.75, 3.05) is 7.11 Å². The summed E-state index contributed by atoms with van der Waals surface area (Å²) < 4.78 is 5.23. The quantitative estimate of drug-likeness (QED) is 0.700. The lowest BCUT2D eigenvalue weighted by Gasteiger charge is -2.31. The molecule has 0 aliphatic heterocycles. The first-order valence-electron chi connectivity index (χ1n) is 10.3. The van der Waals surface area contributed by atoms with Gasteiger partial charge in [-0.25, -0.2) is 0 Å². The molecule has 29 heavy (non-hydrogen) atoms. The van der Waals surface area contributed by atoms with E-state index in [-0.39, 0.29) is 29.7 Å². The van der Waals surface area contributed by atoms with Crippen LogP contribution >= 0.6 is 0 Å². The molecule has 0 spiro atoms. The molecule has 4 rings (SSSR count). The van der Waals surface area contributed by atoms with Crippen molar-refractivity contribution in [1.82, 2.24) is 15.6 Å². The molecule has 152 valence electrons. The van der Waals surface area contributed by atoms with Crippen LogP contribution in [-0.4, -0.2) is 36.0 Å². The molecule has 2 aliphatic carbocycles. The maximum Gasteiger partial charge on any atom is 0.267 e. The Hall–Kier alpha value is -3.01. The van der Waals surface area contributed by atoms with Gasteiger partial charge >= 0.3 is 0 Å². The molecule has 1 aromatic carbocycles. The Bertz CT molecular complexity index is 957. The van der Waals surface area contributed by atoms with Crippen molar-refractivity contribution in [2.45, 2.75) is 50.6 Å². The second-order valence-electron chi connectivity index (χ2n) is 8.06. The van der Waals surface area contributed by atoms with Gasteiger partial charge in [-0.2, -0.15) is 5.26 Å². The van der Waals surface area contributed by atoms with Crippen molar-refractivity contribution in [3.63, 3.8) is 0 Å². The molecule has 0 saturated heterocycles. The first kappa shape index (κ1) is 19.3. The number of benzene rings is 1. The molecule has 1 heterocycles. The number of nitrogens with one attached hydrogen (secondary N) is 3.